The molecule has 0 bridgehead atoms. The van der Waals surface area contributed by atoms with E-state index in [1.165, 1.54) is 5.69 Å². The fraction of sp³-hybridized carbons (Fsp3) is 0.358. The van der Waals surface area contributed by atoms with Crippen LogP contribution in [0.25, 0.3) is 46.9 Å². The third kappa shape index (κ3) is 25.3. The first-order valence-corrected chi connectivity index (χ1v) is 51.3. The van der Waals surface area contributed by atoms with Gasteiger partial charge in [-0.2, -0.15) is 38.5 Å². The zero-order chi connectivity index (χ0) is 103. The second-order valence-corrected chi connectivity index (χ2v) is 41.3. The zero-order valence-corrected chi connectivity index (χ0v) is 85.5. The van der Waals surface area contributed by atoms with Crippen molar-refractivity contribution in [2.75, 3.05) is 142 Å². The van der Waals surface area contributed by atoms with Gasteiger partial charge in [0.25, 0.3) is 0 Å². The molecule has 772 valence electrons. The fourth-order valence-electron chi connectivity index (χ4n) is 18.0. The van der Waals surface area contributed by atoms with Crippen LogP contribution in [0.1, 0.15) is 153 Å². The van der Waals surface area contributed by atoms with E-state index in [2.05, 4.69) is 185 Å². The highest BCUT2D eigenvalue weighted by Gasteiger charge is 2.34. The van der Waals surface area contributed by atoms with E-state index >= 15 is 0 Å². The SMILES string of the molecule is C=C1NC(=O)C/C1=C\c1cnn2c(NC3CC3)cc(Nc3ccc(CNC(=O)OC(C)(C)C)cc3)nc12.C=C1NC(=O)C/C1=C\c1cnn2c(NC3CC3)cc(Nc3ccc(N4CCN(C(=O)OC(C)(C)C)CC4)cc3)nc12.C=C1NC(=O)C/C1=C\c1cnn2c(NC3CC3)cc(Nc3ccc(N4CCN(CC)CC4)cc3)nc12.C=C1NC(=O)C/C1=C\c1cnn2c(NC3CC3)cc(Nc3ccc(N4CCOCC4)cc3Cl)nc12. The van der Waals surface area contributed by atoms with Crippen molar-refractivity contribution < 1.29 is 43.0 Å². The maximum Gasteiger partial charge on any atom is 0.410 e. The maximum atomic E-state index is 12.4. The number of hydrogen-bond acceptors (Lipinski definition) is 29. The van der Waals surface area contributed by atoms with E-state index in [4.69, 9.17) is 45.7 Å². The Morgan fingerprint density at radius 2 is 0.738 bits per heavy atom. The Morgan fingerprint density at radius 1 is 0.416 bits per heavy atom. The van der Waals surface area contributed by atoms with E-state index in [0.717, 1.165) is 242 Å². The molecular weight excluding hydrogens is 1910 g/mol. The van der Waals surface area contributed by atoms with Gasteiger partial charge in [0.1, 0.15) is 57.7 Å². The Hall–Kier alpha value is -16.3. The molecule has 13 N–H and O–H groups in total. The van der Waals surface area contributed by atoms with Gasteiger partial charge < -0.3 is 108 Å². The Bertz CT molecular complexity index is 7330. The number of likely N-dealkylation sites (N-methyl/N-ethyl adjacent to an activating group) is 1. The number of benzene rings is 4. The number of allylic oxidation sites excluding steroid dienone is 4. The second-order valence-electron chi connectivity index (χ2n) is 40.9. The molecule has 15 heterocycles. The molecular formula is C109H125ClN30O9. The van der Waals surface area contributed by atoms with Crippen LogP contribution >= 0.6 is 11.6 Å². The Kier molecular flexibility index (Phi) is 28.9. The topological polar surface area (TPSA) is 423 Å². The van der Waals surface area contributed by atoms with E-state index < -0.39 is 17.3 Å². The molecule has 39 nitrogen and oxygen atoms in total. The first-order valence-electron chi connectivity index (χ1n) is 50.9. The molecule has 6 amide bonds. The van der Waals surface area contributed by atoms with Crippen LogP contribution in [0.4, 0.5) is 95.9 Å². The number of anilines is 15. The molecule has 4 aromatic carbocycles. The smallest absolute Gasteiger partial charge is 0.410 e. The lowest BCUT2D eigenvalue weighted by atomic mass is 10.1. The lowest BCUT2D eigenvalue weighted by Gasteiger charge is -2.36. The molecule has 0 unspecified atom stereocenters. The van der Waals surface area contributed by atoms with E-state index in [9.17, 15) is 28.8 Å². The van der Waals surface area contributed by atoms with Crippen LogP contribution in [0.3, 0.4) is 0 Å². The molecule has 11 aliphatic rings. The van der Waals surface area contributed by atoms with Crippen LogP contribution in [0.2, 0.25) is 5.02 Å². The summed E-state index contributed by atoms with van der Waals surface area (Å²) in [6.07, 6.45) is 24.4. The van der Waals surface area contributed by atoms with Crippen LogP contribution < -0.4 is 83.8 Å². The molecule has 0 spiro atoms. The minimum Gasteiger partial charge on any atom is -0.444 e. The first-order chi connectivity index (χ1) is 71.8. The van der Waals surface area contributed by atoms with Crippen molar-refractivity contribution in [3.05, 3.63) is 244 Å². The molecule has 4 saturated carbocycles. The summed E-state index contributed by atoms with van der Waals surface area (Å²) in [5.41, 5.74) is 18.8. The van der Waals surface area contributed by atoms with E-state index in [0.29, 0.717) is 125 Å². The number of morpholine rings is 1. The number of ether oxygens (including phenoxy) is 3. The lowest BCUT2D eigenvalue weighted by molar-refractivity contribution is -0.119. The van der Waals surface area contributed by atoms with Crippen molar-refractivity contribution in [1.82, 2.24) is 94.8 Å². The van der Waals surface area contributed by atoms with Gasteiger partial charge in [-0.15, -0.1) is 0 Å². The summed E-state index contributed by atoms with van der Waals surface area (Å²) in [5, 5.41) is 60.5. The number of fused-ring (bicyclic) bond motifs is 4. The fourth-order valence-corrected chi connectivity index (χ4v) is 18.3. The number of halogens is 1. The van der Waals surface area contributed by atoms with Crippen molar-refractivity contribution >= 4 is 181 Å². The zero-order valence-electron chi connectivity index (χ0n) is 84.8. The number of rotatable bonds is 26. The van der Waals surface area contributed by atoms with Gasteiger partial charge in [0, 0.05) is 200 Å². The Morgan fingerprint density at radius 3 is 1.05 bits per heavy atom. The number of amides is 6. The third-order valence-electron chi connectivity index (χ3n) is 26.6. The number of hydrogen-bond donors (Lipinski definition) is 13. The van der Waals surface area contributed by atoms with Gasteiger partial charge in [0.05, 0.1) is 74.4 Å². The van der Waals surface area contributed by atoms with E-state index in [1.54, 1.807) is 38.7 Å². The second kappa shape index (κ2) is 43.0. The number of alkyl carbamates (subject to hydrolysis) is 1. The minimum atomic E-state index is -0.537. The van der Waals surface area contributed by atoms with Gasteiger partial charge in [0.15, 0.2) is 22.6 Å². The summed E-state index contributed by atoms with van der Waals surface area (Å²) < 4.78 is 23.5. The van der Waals surface area contributed by atoms with Crippen molar-refractivity contribution in [2.24, 2.45) is 0 Å². The first kappa shape index (κ1) is 100. The van der Waals surface area contributed by atoms with E-state index in [-0.39, 0.29) is 36.1 Å². The van der Waals surface area contributed by atoms with E-state index in [1.807, 2.05) is 148 Å². The predicted molar refractivity (Wildman–Crippen MR) is 582 cm³/mol. The van der Waals surface area contributed by atoms with Crippen LogP contribution in [0.5, 0.6) is 0 Å². The molecule has 7 aliphatic heterocycles. The summed E-state index contributed by atoms with van der Waals surface area (Å²) in [7, 11) is 0. The van der Waals surface area contributed by atoms with Crippen molar-refractivity contribution in [3.63, 3.8) is 0 Å². The summed E-state index contributed by atoms with van der Waals surface area (Å²) in [6, 6.07) is 40.2. The van der Waals surface area contributed by atoms with Gasteiger partial charge >= 0.3 is 12.2 Å². The standard InChI is InChI=1S/C30H36N8O3.C27H32N8O.C27H31N7O3.C25H26ClN7O2/c1-19-20(16-27(39)32-19)15-21-18-31-38-26(34-23-5-6-23)17-25(35-28(21)38)33-22-7-9-24(10-8-22)36-11-13-37(14-12-36)29(40)41-30(2,3)4;1-3-33-10-12-34(13-11-33)23-8-6-21(7-9-23)30-24-16-25(31-22-4-5-22)35-27(32-24)20(17-28-35)14-19-15-26(36)29-18(19)2;1-16-18(12-24(35)30-16)11-19-15-29-34-23(32-21-9-10-21)13-22(33-25(19)34)31-20-7-5-17(6-8-20)14-28-26(36)37-27(2,3)4;1-15-16(11-24(34)28-15)10-17-14-27-33-23(29-18-2-3-18)13-22(31-25(17)33)30-21-5-4-19(12-20(21)26)32-6-8-35-9-7-32/h7-10,15,17-18,23,34H,1,5-6,11-14,16H2,2-4H3,(H,32,39)(H,33,35);6-9,14,16-17,22,31H,2-5,10-13,15H2,1H3,(H,29,36)(H,30,32);5-8,11,13,15,21,32H,1,9-10,12,14H2,2-4H3,(H,28,36)(H,30,35)(H,31,33);4-5,10,12-14,18,29H,1-3,6-9,11H2,(H,28,34)(H,30,31)/b20-15+;19-14+;18-11+;16-10+. The molecule has 0 radical (unpaired) electrons. The molecule has 11 fully saturated rings. The normalized spacial score (nSPS) is 18.6. The molecule has 0 atom stereocenters. The summed E-state index contributed by atoms with van der Waals surface area (Å²) in [6.45, 7) is 40.8. The van der Waals surface area contributed by atoms with Crippen molar-refractivity contribution in [3.8, 4) is 0 Å². The summed E-state index contributed by atoms with van der Waals surface area (Å²) >= 11 is 6.66. The Balaban J connectivity index is 0.000000120. The highest BCUT2D eigenvalue weighted by molar-refractivity contribution is 6.33. The monoisotopic (exact) mass is 2030 g/mol. The highest BCUT2D eigenvalue weighted by Crippen LogP contribution is 2.39. The van der Waals surface area contributed by atoms with Crippen molar-refractivity contribution in [2.45, 2.75) is 167 Å². The molecule has 12 aromatic rings. The number of aromatic nitrogens is 12. The number of carbonyl (C=O) groups excluding carboxylic acids is 6. The largest absolute Gasteiger partial charge is 0.444 e. The number of carbonyl (C=O) groups is 6. The minimum absolute atomic E-state index is 0.0372. The van der Waals surface area contributed by atoms with Crippen LogP contribution in [-0.4, -0.2) is 225 Å². The third-order valence-corrected chi connectivity index (χ3v) is 26.9. The molecule has 40 heteroatoms. The average Bonchev–Trinajstić information content (AvgIpc) is 1.64. The van der Waals surface area contributed by atoms with Gasteiger partial charge in [-0.1, -0.05) is 57.0 Å². The van der Waals surface area contributed by atoms with Gasteiger partial charge in [-0.3, -0.25) is 19.2 Å². The number of piperazine rings is 2. The number of nitrogens with zero attached hydrogens (tertiary/aromatic N) is 17. The predicted octanol–water partition coefficient (Wildman–Crippen LogP) is 16.6. The molecule has 7 saturated heterocycles. The quantitative estimate of drug-likeness (QED) is 0.0239. The average molecular weight is 2030 g/mol. The van der Waals surface area contributed by atoms with Crippen molar-refractivity contribution in [1.29, 1.82) is 0 Å². The molecule has 149 heavy (non-hydrogen) atoms. The lowest BCUT2D eigenvalue weighted by Crippen LogP contribution is -2.50. The van der Waals surface area contributed by atoms with Crippen LogP contribution in [-0.2, 0) is 39.9 Å². The molecule has 4 aliphatic carbocycles. The van der Waals surface area contributed by atoms with Gasteiger partial charge in [-0.25, -0.2) is 29.5 Å². The van der Waals surface area contributed by atoms with Crippen LogP contribution in [0, 0.1) is 0 Å². The van der Waals surface area contributed by atoms with Crippen LogP contribution in [0.15, 0.2) is 211 Å². The van der Waals surface area contributed by atoms with Gasteiger partial charge in [-0.05, 0) is 230 Å². The van der Waals surface area contributed by atoms with Gasteiger partial charge in [0.2, 0.25) is 23.6 Å². The highest BCUT2D eigenvalue weighted by atomic mass is 35.5. The number of nitrogens with one attached hydrogen (secondary N) is 13. The maximum absolute atomic E-state index is 12.4. The molecule has 23 rings (SSSR count). The Labute approximate surface area is 867 Å². The summed E-state index contributed by atoms with van der Waals surface area (Å²) in [4.78, 5) is 102. The summed E-state index contributed by atoms with van der Waals surface area (Å²) in [5.74, 6) is 6.00. The molecule has 8 aromatic heterocycles.